The van der Waals surface area contributed by atoms with Crippen LogP contribution in [0.1, 0.15) is 0 Å². The van der Waals surface area contributed by atoms with E-state index in [0.717, 1.165) is 6.33 Å². The number of hydrogen-bond donors (Lipinski definition) is 2. The number of aromatic nitrogens is 2. The van der Waals surface area contributed by atoms with Gasteiger partial charge in [0.1, 0.15) is 11.9 Å². The summed E-state index contributed by atoms with van der Waals surface area (Å²) in [5.41, 5.74) is 5.41. The summed E-state index contributed by atoms with van der Waals surface area (Å²) in [6, 6.07) is 3.42. The van der Waals surface area contributed by atoms with Crippen molar-refractivity contribution in [2.45, 2.75) is 6.10 Å². The lowest BCUT2D eigenvalue weighted by Gasteiger charge is -2.13. The number of hydrogen-bond acceptors (Lipinski definition) is 6. The number of rotatable bonds is 4. The highest BCUT2D eigenvalue weighted by atomic mass is 19.1. The Kier molecular flexibility index (Phi) is 3.79. The predicted octanol–water partition coefficient (Wildman–Crippen LogP) is 0.869. The first kappa shape index (κ1) is 14.8. The van der Waals surface area contributed by atoms with Gasteiger partial charge in [-0.25, -0.2) is 14.0 Å². The summed E-state index contributed by atoms with van der Waals surface area (Å²) >= 11 is 0. The van der Waals surface area contributed by atoms with Crippen LogP contribution in [0.15, 0.2) is 29.0 Å². The lowest BCUT2D eigenvalue weighted by molar-refractivity contribution is 0.141. The van der Waals surface area contributed by atoms with Crippen molar-refractivity contribution in [2.75, 3.05) is 18.0 Å². The minimum Gasteiger partial charge on any atom is -0.442 e. The number of benzene rings is 1. The number of cyclic esters (lactones) is 1. The molecule has 0 spiro atoms. The maximum atomic E-state index is 14.2. The van der Waals surface area contributed by atoms with Gasteiger partial charge in [0.25, 0.3) is 5.89 Å². The number of nitrogens with zero attached hydrogens (tertiary/aromatic N) is 3. The molecule has 3 rings (SSSR count). The molecule has 1 aliphatic heterocycles. The maximum Gasteiger partial charge on any atom is 0.414 e. The van der Waals surface area contributed by atoms with Crippen LogP contribution in [0.3, 0.4) is 0 Å². The quantitative estimate of drug-likeness (QED) is 0.861. The summed E-state index contributed by atoms with van der Waals surface area (Å²) in [6.07, 6.45) is -0.0310. The molecule has 23 heavy (non-hydrogen) atoms. The standard InChI is InChI=1S/C13H12FN5O4/c14-10-3-7(1-2-9(10)11-17-6-18-23-11)19-5-8(22-13(19)21)4-16-12(15)20/h1-3,6,8H,4-5H2,(H3,15,16,20). The third-order valence-corrected chi connectivity index (χ3v) is 3.23. The number of nitrogens with one attached hydrogen (secondary N) is 1. The van der Waals surface area contributed by atoms with Crippen molar-refractivity contribution in [3.05, 3.63) is 30.3 Å². The number of carbonyl (C=O) groups excluding carboxylic acids is 2. The lowest BCUT2D eigenvalue weighted by atomic mass is 10.1. The van der Waals surface area contributed by atoms with Crippen LogP contribution in [-0.2, 0) is 4.74 Å². The van der Waals surface area contributed by atoms with Crippen molar-refractivity contribution in [3.8, 4) is 11.5 Å². The topological polar surface area (TPSA) is 124 Å². The molecule has 120 valence electrons. The molecule has 1 fully saturated rings. The SMILES string of the molecule is NC(=O)NCC1CN(c2ccc(-c3ncno3)c(F)c2)C(=O)O1. The molecule has 3 N–H and O–H groups in total. The number of amides is 3. The molecular weight excluding hydrogens is 309 g/mol. The number of primary amides is 1. The summed E-state index contributed by atoms with van der Waals surface area (Å²) in [5, 5.41) is 5.77. The maximum absolute atomic E-state index is 14.2. The summed E-state index contributed by atoms with van der Waals surface area (Å²) < 4.78 is 24.0. The van der Waals surface area contributed by atoms with Gasteiger partial charge in [-0.3, -0.25) is 4.90 Å². The van der Waals surface area contributed by atoms with E-state index in [2.05, 4.69) is 15.5 Å². The summed E-state index contributed by atoms with van der Waals surface area (Å²) in [7, 11) is 0. The van der Waals surface area contributed by atoms with E-state index in [9.17, 15) is 14.0 Å². The van der Waals surface area contributed by atoms with Gasteiger partial charge >= 0.3 is 12.1 Å². The van der Waals surface area contributed by atoms with Gasteiger partial charge < -0.3 is 20.3 Å². The molecule has 1 atom stereocenters. The fraction of sp³-hybridized carbons (Fsp3) is 0.231. The minimum atomic E-state index is -0.713. The molecule has 3 amide bonds. The van der Waals surface area contributed by atoms with Gasteiger partial charge in [0.15, 0.2) is 6.33 Å². The molecule has 2 aromatic rings. The number of anilines is 1. The zero-order valence-electron chi connectivity index (χ0n) is 11.7. The Morgan fingerprint density at radius 1 is 1.52 bits per heavy atom. The monoisotopic (exact) mass is 321 g/mol. The second-order valence-corrected chi connectivity index (χ2v) is 4.77. The van der Waals surface area contributed by atoms with Gasteiger partial charge in [0.05, 0.1) is 24.3 Å². The fourth-order valence-electron chi connectivity index (χ4n) is 2.19. The Balaban J connectivity index is 1.76. The van der Waals surface area contributed by atoms with Crippen molar-refractivity contribution in [2.24, 2.45) is 5.73 Å². The molecular formula is C13H12FN5O4. The number of nitrogens with two attached hydrogens (primary N) is 1. The highest BCUT2D eigenvalue weighted by Gasteiger charge is 2.32. The van der Waals surface area contributed by atoms with Crippen LogP contribution in [0.4, 0.5) is 19.7 Å². The molecule has 1 aliphatic rings. The van der Waals surface area contributed by atoms with E-state index in [1.807, 2.05) is 0 Å². The van der Waals surface area contributed by atoms with Crippen LogP contribution in [-0.4, -0.2) is 41.5 Å². The van der Waals surface area contributed by atoms with Crippen molar-refractivity contribution in [1.82, 2.24) is 15.5 Å². The zero-order chi connectivity index (χ0) is 16.4. The van der Waals surface area contributed by atoms with E-state index < -0.39 is 24.0 Å². The third kappa shape index (κ3) is 3.05. The molecule has 1 saturated heterocycles. The van der Waals surface area contributed by atoms with Crippen molar-refractivity contribution in [3.63, 3.8) is 0 Å². The Bertz CT molecular complexity index is 736. The van der Waals surface area contributed by atoms with Gasteiger partial charge in [-0.1, -0.05) is 5.16 Å². The number of ether oxygens (including phenoxy) is 1. The summed E-state index contributed by atoms with van der Waals surface area (Å²) in [5.74, 6) is -0.570. The Morgan fingerprint density at radius 2 is 2.35 bits per heavy atom. The van der Waals surface area contributed by atoms with Crippen LogP contribution in [0, 0.1) is 5.82 Å². The van der Waals surface area contributed by atoms with Crippen LogP contribution in [0.2, 0.25) is 0 Å². The van der Waals surface area contributed by atoms with E-state index in [0.29, 0.717) is 5.69 Å². The second kappa shape index (κ2) is 5.91. The van der Waals surface area contributed by atoms with Crippen LogP contribution >= 0.6 is 0 Å². The molecule has 0 bridgehead atoms. The van der Waals surface area contributed by atoms with Gasteiger partial charge in [0, 0.05) is 0 Å². The molecule has 0 radical (unpaired) electrons. The smallest absolute Gasteiger partial charge is 0.414 e. The molecule has 9 nitrogen and oxygen atoms in total. The first-order chi connectivity index (χ1) is 11.0. The van der Waals surface area contributed by atoms with Gasteiger partial charge in [-0.2, -0.15) is 4.98 Å². The first-order valence-electron chi connectivity index (χ1n) is 6.62. The molecule has 10 heteroatoms. The lowest BCUT2D eigenvalue weighted by Crippen LogP contribution is -2.37. The molecule has 0 saturated carbocycles. The normalized spacial score (nSPS) is 17.2. The van der Waals surface area contributed by atoms with E-state index in [4.69, 9.17) is 15.0 Å². The number of urea groups is 1. The van der Waals surface area contributed by atoms with Gasteiger partial charge in [0.2, 0.25) is 0 Å². The third-order valence-electron chi connectivity index (χ3n) is 3.23. The molecule has 1 aromatic heterocycles. The van der Waals surface area contributed by atoms with Gasteiger partial charge in [-0.05, 0) is 18.2 Å². The summed E-state index contributed by atoms with van der Waals surface area (Å²) in [4.78, 5) is 27.5. The Morgan fingerprint density at radius 3 is 3.00 bits per heavy atom. The summed E-state index contributed by atoms with van der Waals surface area (Å²) in [6.45, 7) is 0.249. The van der Waals surface area contributed by atoms with Crippen LogP contribution < -0.4 is 16.0 Å². The molecule has 1 aromatic carbocycles. The molecule has 0 aliphatic carbocycles. The zero-order valence-corrected chi connectivity index (χ0v) is 11.7. The first-order valence-corrected chi connectivity index (χ1v) is 6.62. The van der Waals surface area contributed by atoms with Crippen molar-refractivity contribution >= 4 is 17.8 Å². The average Bonchev–Trinajstić information content (AvgIpc) is 3.14. The minimum absolute atomic E-state index is 0.0431. The van der Waals surface area contributed by atoms with E-state index in [1.165, 1.54) is 23.1 Å². The number of halogens is 1. The predicted molar refractivity (Wildman–Crippen MR) is 74.9 cm³/mol. The highest BCUT2D eigenvalue weighted by molar-refractivity contribution is 5.90. The van der Waals surface area contributed by atoms with E-state index in [-0.39, 0.29) is 24.5 Å². The number of carbonyl (C=O) groups is 2. The second-order valence-electron chi connectivity index (χ2n) is 4.77. The van der Waals surface area contributed by atoms with Crippen LogP contribution in [0.5, 0.6) is 0 Å². The van der Waals surface area contributed by atoms with Crippen LogP contribution in [0.25, 0.3) is 11.5 Å². The largest absolute Gasteiger partial charge is 0.442 e. The van der Waals surface area contributed by atoms with Crippen molar-refractivity contribution in [1.29, 1.82) is 0 Å². The Hall–Kier alpha value is -3.17. The van der Waals surface area contributed by atoms with E-state index >= 15 is 0 Å². The van der Waals surface area contributed by atoms with E-state index in [1.54, 1.807) is 0 Å². The average molecular weight is 321 g/mol. The molecule has 2 heterocycles. The molecule has 1 unspecified atom stereocenters. The Labute approximate surface area is 129 Å². The van der Waals surface area contributed by atoms with Gasteiger partial charge in [-0.15, -0.1) is 0 Å². The highest BCUT2D eigenvalue weighted by Crippen LogP contribution is 2.27. The fourth-order valence-corrected chi connectivity index (χ4v) is 2.19. The van der Waals surface area contributed by atoms with Crippen molar-refractivity contribution < 1.29 is 23.2 Å².